The molecule has 3 aromatic rings. The molecule has 5 nitrogen and oxygen atoms in total. The van der Waals surface area contributed by atoms with Gasteiger partial charge < -0.3 is 10.8 Å². The molecule has 1 unspecified atom stereocenters. The third kappa shape index (κ3) is 2.83. The van der Waals surface area contributed by atoms with Gasteiger partial charge in [-0.1, -0.05) is 0 Å². The molecule has 1 atom stereocenters. The van der Waals surface area contributed by atoms with Crippen molar-refractivity contribution in [2.45, 2.75) is 51.0 Å². The van der Waals surface area contributed by atoms with Gasteiger partial charge >= 0.3 is 5.97 Å². The third-order valence-corrected chi connectivity index (χ3v) is 7.36. The van der Waals surface area contributed by atoms with E-state index in [1.807, 2.05) is 13.0 Å². The summed E-state index contributed by atoms with van der Waals surface area (Å²) in [5.74, 6) is -1.59. The number of halogens is 1. The molecule has 3 aromatic heterocycles. The van der Waals surface area contributed by atoms with Gasteiger partial charge in [0, 0.05) is 27.6 Å². The number of rotatable bonds is 3. The molecule has 0 radical (unpaired) electrons. The van der Waals surface area contributed by atoms with Crippen molar-refractivity contribution in [3.05, 3.63) is 61.6 Å². The number of thiophene rings is 1. The number of nitrogens with zero attached hydrogens (tertiary/aromatic N) is 1. The molecule has 0 amide bonds. The zero-order valence-electron chi connectivity index (χ0n) is 16.0. The van der Waals surface area contributed by atoms with E-state index < -0.39 is 17.3 Å². The Hall–Kier alpha value is -2.51. The van der Waals surface area contributed by atoms with E-state index >= 15 is 4.39 Å². The van der Waals surface area contributed by atoms with Crippen molar-refractivity contribution >= 4 is 22.8 Å². The average Bonchev–Trinajstić information content (AvgIpc) is 3.42. The first-order valence-electron chi connectivity index (χ1n) is 9.87. The maximum absolute atomic E-state index is 15.3. The number of pyridine rings is 2. The molecule has 29 heavy (non-hydrogen) atoms. The highest BCUT2D eigenvalue weighted by molar-refractivity contribution is 7.15. The predicted octanol–water partition coefficient (Wildman–Crippen LogP) is 4.39. The van der Waals surface area contributed by atoms with E-state index in [1.54, 1.807) is 11.3 Å². The fourth-order valence-electron chi connectivity index (χ4n) is 4.53. The summed E-state index contributed by atoms with van der Waals surface area (Å²) in [7, 11) is 0. The second-order valence-electron chi connectivity index (χ2n) is 8.08. The number of hydrogen-bond donors (Lipinski definition) is 2. The predicted molar refractivity (Wildman–Crippen MR) is 110 cm³/mol. The highest BCUT2D eigenvalue weighted by atomic mass is 32.1. The molecular formula is C22H21FN2O3S. The lowest BCUT2D eigenvalue weighted by molar-refractivity contribution is 0.0694. The summed E-state index contributed by atoms with van der Waals surface area (Å²) in [6, 6.07) is 3.46. The van der Waals surface area contributed by atoms with Crippen molar-refractivity contribution in [2.75, 3.05) is 0 Å². The number of hydrogen-bond acceptors (Lipinski definition) is 4. The van der Waals surface area contributed by atoms with Crippen LogP contribution < -0.4 is 11.3 Å². The van der Waals surface area contributed by atoms with Gasteiger partial charge in [-0.2, -0.15) is 0 Å². The molecule has 1 fully saturated rings. The van der Waals surface area contributed by atoms with Crippen LogP contribution in [0.3, 0.4) is 0 Å². The minimum Gasteiger partial charge on any atom is -0.477 e. The summed E-state index contributed by atoms with van der Waals surface area (Å²) in [4.78, 5) is 26.3. The number of carboxylic acid groups (broad SMARTS) is 1. The van der Waals surface area contributed by atoms with E-state index in [2.05, 4.69) is 0 Å². The molecule has 0 bridgehead atoms. The van der Waals surface area contributed by atoms with E-state index in [9.17, 15) is 14.7 Å². The van der Waals surface area contributed by atoms with Gasteiger partial charge in [0.15, 0.2) is 0 Å². The quantitative estimate of drug-likeness (QED) is 0.668. The minimum absolute atomic E-state index is 0.0182. The molecule has 2 aliphatic rings. The van der Waals surface area contributed by atoms with Crippen molar-refractivity contribution < 1.29 is 14.3 Å². The van der Waals surface area contributed by atoms with E-state index in [4.69, 9.17) is 5.73 Å². The zero-order chi connectivity index (χ0) is 20.4. The molecule has 1 saturated carbocycles. The highest BCUT2D eigenvalue weighted by Gasteiger charge is 2.31. The molecule has 3 N–H and O–H groups in total. The Kier molecular flexibility index (Phi) is 4.15. The molecule has 0 aromatic carbocycles. The van der Waals surface area contributed by atoms with Crippen LogP contribution in [-0.4, -0.2) is 15.5 Å². The van der Waals surface area contributed by atoms with Crippen LogP contribution in [0.15, 0.2) is 23.1 Å². The van der Waals surface area contributed by atoms with Crippen LogP contribution in [0.5, 0.6) is 0 Å². The zero-order valence-corrected chi connectivity index (χ0v) is 16.8. The molecule has 5 rings (SSSR count). The van der Waals surface area contributed by atoms with Gasteiger partial charge in [-0.3, -0.25) is 9.20 Å². The van der Waals surface area contributed by atoms with Gasteiger partial charge in [0.25, 0.3) is 5.56 Å². The summed E-state index contributed by atoms with van der Waals surface area (Å²) >= 11 is 1.57. The van der Waals surface area contributed by atoms with Crippen LogP contribution in [0.4, 0.5) is 4.39 Å². The molecule has 0 saturated heterocycles. The second-order valence-corrected chi connectivity index (χ2v) is 9.22. The Labute approximate surface area is 170 Å². The van der Waals surface area contributed by atoms with Gasteiger partial charge in [0.1, 0.15) is 11.4 Å². The van der Waals surface area contributed by atoms with Crippen molar-refractivity contribution in [2.24, 2.45) is 5.73 Å². The number of aromatic nitrogens is 1. The standard InChI is InChI=1S/C22H21FN2O3S/c1-10-19(18-8-13-16(24)3-2-4-17(13)29-18)15(23)9-25-20(10)12(11-5-6-11)7-14(21(25)26)22(27)28/h7-9,11,16H,2-6,24H2,1H3,(H,27,28). The Morgan fingerprint density at radius 2 is 2.03 bits per heavy atom. The lowest BCUT2D eigenvalue weighted by Gasteiger charge is -2.17. The maximum Gasteiger partial charge on any atom is 0.341 e. The second kappa shape index (κ2) is 6.50. The van der Waals surface area contributed by atoms with Crippen LogP contribution in [0.2, 0.25) is 0 Å². The van der Waals surface area contributed by atoms with E-state index in [0.717, 1.165) is 54.3 Å². The highest BCUT2D eigenvalue weighted by Crippen LogP contribution is 2.45. The number of carbonyl (C=O) groups is 1. The lowest BCUT2D eigenvalue weighted by atomic mass is 9.93. The Morgan fingerprint density at radius 3 is 2.69 bits per heavy atom. The lowest BCUT2D eigenvalue weighted by Crippen LogP contribution is -2.24. The van der Waals surface area contributed by atoms with Crippen LogP contribution in [0, 0.1) is 12.7 Å². The van der Waals surface area contributed by atoms with E-state index in [-0.39, 0.29) is 17.5 Å². The largest absolute Gasteiger partial charge is 0.477 e. The maximum atomic E-state index is 15.3. The summed E-state index contributed by atoms with van der Waals surface area (Å²) in [5.41, 5.74) is 8.95. The third-order valence-electron chi connectivity index (χ3n) is 6.13. The van der Waals surface area contributed by atoms with Crippen LogP contribution >= 0.6 is 11.3 Å². The fraction of sp³-hybridized carbons (Fsp3) is 0.364. The summed E-state index contributed by atoms with van der Waals surface area (Å²) < 4.78 is 16.4. The van der Waals surface area contributed by atoms with Gasteiger partial charge in [0.05, 0.1) is 5.52 Å². The molecule has 150 valence electrons. The first kappa shape index (κ1) is 18.5. The van der Waals surface area contributed by atoms with Crippen molar-refractivity contribution in [3.63, 3.8) is 0 Å². The average molecular weight is 412 g/mol. The number of carboxylic acids is 1. The van der Waals surface area contributed by atoms with Crippen LogP contribution in [0.25, 0.3) is 16.0 Å². The monoisotopic (exact) mass is 412 g/mol. The first-order valence-corrected chi connectivity index (χ1v) is 10.7. The van der Waals surface area contributed by atoms with E-state index in [1.165, 1.54) is 15.3 Å². The number of aryl methyl sites for hydroxylation is 2. The van der Waals surface area contributed by atoms with Gasteiger partial charge in [0.2, 0.25) is 0 Å². The number of nitrogens with two attached hydrogens (primary N) is 1. The van der Waals surface area contributed by atoms with Crippen LogP contribution in [0.1, 0.15) is 69.6 Å². The molecule has 0 aliphatic heterocycles. The molecule has 2 aliphatic carbocycles. The van der Waals surface area contributed by atoms with Crippen LogP contribution in [-0.2, 0) is 6.42 Å². The SMILES string of the molecule is Cc1c(-c2cc3c(s2)CCCC3N)c(F)cn2c(=O)c(C(=O)O)cc(C3CC3)c12. The Bertz CT molecular complexity index is 1240. The van der Waals surface area contributed by atoms with Crippen molar-refractivity contribution in [1.82, 2.24) is 4.40 Å². The van der Waals surface area contributed by atoms with Gasteiger partial charge in [-0.05, 0) is 73.8 Å². The normalized spacial score (nSPS) is 18.8. The van der Waals surface area contributed by atoms with Crippen molar-refractivity contribution in [1.29, 1.82) is 0 Å². The van der Waals surface area contributed by atoms with Gasteiger partial charge in [-0.15, -0.1) is 11.3 Å². The summed E-state index contributed by atoms with van der Waals surface area (Å²) in [5, 5.41) is 9.42. The van der Waals surface area contributed by atoms with Crippen molar-refractivity contribution in [3.8, 4) is 10.4 Å². The number of aromatic carboxylic acids is 1. The Balaban J connectivity index is 1.81. The van der Waals surface area contributed by atoms with Gasteiger partial charge in [-0.25, -0.2) is 9.18 Å². The number of fused-ring (bicyclic) bond motifs is 2. The minimum atomic E-state index is -1.28. The molecular weight excluding hydrogens is 391 g/mol. The molecule has 7 heteroatoms. The van der Waals surface area contributed by atoms with E-state index in [0.29, 0.717) is 16.6 Å². The Morgan fingerprint density at radius 1 is 1.28 bits per heavy atom. The smallest absolute Gasteiger partial charge is 0.341 e. The first-order chi connectivity index (χ1) is 13.9. The topological polar surface area (TPSA) is 84.8 Å². The molecule has 3 heterocycles. The molecule has 0 spiro atoms. The fourth-order valence-corrected chi connectivity index (χ4v) is 5.90. The summed E-state index contributed by atoms with van der Waals surface area (Å²) in [6.45, 7) is 1.82. The summed E-state index contributed by atoms with van der Waals surface area (Å²) in [6.07, 6.45) is 5.96.